The number of nitrogen functional groups attached to an aromatic ring is 1. The average molecular weight is 548 g/mol. The number of para-hydroxylation sites is 1. The Morgan fingerprint density at radius 3 is 2.59 bits per heavy atom. The molecule has 0 aliphatic rings. The first kappa shape index (κ1) is 25.7. The van der Waals surface area contributed by atoms with E-state index in [1.54, 1.807) is 42.5 Å². The van der Waals surface area contributed by atoms with Crippen LogP contribution in [0.25, 0.3) is 16.6 Å². The highest BCUT2D eigenvalue weighted by molar-refractivity contribution is 6.35. The molecule has 0 aliphatic carbocycles. The predicted molar refractivity (Wildman–Crippen MR) is 145 cm³/mol. The van der Waals surface area contributed by atoms with Crippen LogP contribution in [0.15, 0.2) is 71.8 Å². The Morgan fingerprint density at radius 1 is 1.08 bits per heavy atom. The Bertz CT molecular complexity index is 1800. The van der Waals surface area contributed by atoms with Crippen LogP contribution in [-0.4, -0.2) is 32.3 Å². The Hall–Kier alpha value is -4.90. The van der Waals surface area contributed by atoms with Crippen LogP contribution in [0.5, 0.6) is 5.75 Å². The number of anilines is 2. The topological polar surface area (TPSA) is 132 Å². The van der Waals surface area contributed by atoms with Crippen molar-refractivity contribution in [3.05, 3.63) is 111 Å². The summed E-state index contributed by atoms with van der Waals surface area (Å²) in [4.78, 5) is 26.3. The van der Waals surface area contributed by atoms with Gasteiger partial charge in [-0.05, 0) is 36.4 Å². The Kier molecular flexibility index (Phi) is 6.90. The van der Waals surface area contributed by atoms with E-state index in [-0.39, 0.29) is 51.0 Å². The highest BCUT2D eigenvalue weighted by atomic mass is 35.5. The molecule has 0 atom stereocenters. The van der Waals surface area contributed by atoms with E-state index < -0.39 is 17.3 Å². The molecule has 3 aromatic carbocycles. The van der Waals surface area contributed by atoms with Crippen molar-refractivity contribution < 1.29 is 13.5 Å². The minimum absolute atomic E-state index is 0.0528. The second kappa shape index (κ2) is 10.5. The third-order valence-corrected chi connectivity index (χ3v) is 6.32. The first-order valence-corrected chi connectivity index (χ1v) is 11.9. The number of halogens is 3. The number of rotatable bonds is 7. The monoisotopic (exact) mass is 547 g/mol. The average Bonchev–Trinajstić information content (AvgIpc) is 2.93. The van der Waals surface area contributed by atoms with Gasteiger partial charge in [-0.25, -0.2) is 19.3 Å². The van der Waals surface area contributed by atoms with E-state index in [1.807, 2.05) is 6.07 Å². The molecule has 0 fully saturated rings. The molecule has 2 aromatic heterocycles. The zero-order valence-corrected chi connectivity index (χ0v) is 21.1. The van der Waals surface area contributed by atoms with Crippen molar-refractivity contribution in [1.82, 2.24) is 19.5 Å². The largest absolute Gasteiger partial charge is 0.494 e. The molecule has 5 aromatic rings. The molecular weight excluding hydrogens is 528 g/mol. The molecule has 39 heavy (non-hydrogen) atoms. The third-order valence-electron chi connectivity index (χ3n) is 6.01. The smallest absolute Gasteiger partial charge is 0.267 e. The summed E-state index contributed by atoms with van der Waals surface area (Å²) >= 11 is 6.33. The summed E-state index contributed by atoms with van der Waals surface area (Å²) in [7, 11) is 1.21. The van der Waals surface area contributed by atoms with Crippen LogP contribution in [0, 0.1) is 17.0 Å². The number of fused-ring (bicyclic) bond motifs is 1. The number of hydrogen-bond donors (Lipinski definition) is 3. The van der Waals surface area contributed by atoms with Crippen molar-refractivity contribution in [1.29, 1.82) is 5.41 Å². The maximum atomic E-state index is 14.8. The molecule has 0 radical (unpaired) electrons. The lowest BCUT2D eigenvalue weighted by molar-refractivity contribution is 0.371. The zero-order valence-electron chi connectivity index (χ0n) is 20.4. The van der Waals surface area contributed by atoms with Gasteiger partial charge in [-0.2, -0.15) is 4.39 Å². The lowest BCUT2D eigenvalue weighted by Crippen LogP contribution is -2.26. The summed E-state index contributed by atoms with van der Waals surface area (Å²) in [5.41, 5.74) is 5.75. The highest BCUT2D eigenvalue weighted by Gasteiger charge is 2.23. The maximum absolute atomic E-state index is 14.8. The Morgan fingerprint density at radius 2 is 1.85 bits per heavy atom. The summed E-state index contributed by atoms with van der Waals surface area (Å²) in [5, 5.41) is 12.2. The van der Waals surface area contributed by atoms with Crippen LogP contribution in [0.1, 0.15) is 17.0 Å². The van der Waals surface area contributed by atoms with Crippen molar-refractivity contribution in [2.45, 2.75) is 6.54 Å². The number of ether oxygens (including phenoxy) is 1. The van der Waals surface area contributed by atoms with Gasteiger partial charge in [-0.1, -0.05) is 35.9 Å². The summed E-state index contributed by atoms with van der Waals surface area (Å²) in [6, 6.07) is 16.3. The van der Waals surface area contributed by atoms with Gasteiger partial charge < -0.3 is 15.8 Å². The minimum Gasteiger partial charge on any atom is -0.494 e. The summed E-state index contributed by atoms with van der Waals surface area (Å²) in [6.45, 7) is -0.0528. The van der Waals surface area contributed by atoms with Gasteiger partial charge in [-0.3, -0.25) is 14.8 Å². The van der Waals surface area contributed by atoms with Crippen LogP contribution < -0.4 is 21.3 Å². The lowest BCUT2D eigenvalue weighted by Gasteiger charge is -2.17. The third kappa shape index (κ3) is 4.64. The normalized spacial score (nSPS) is 11.0. The fourth-order valence-corrected chi connectivity index (χ4v) is 4.41. The van der Waals surface area contributed by atoms with Gasteiger partial charge in [-0.15, -0.1) is 0 Å². The zero-order chi connectivity index (χ0) is 27.7. The van der Waals surface area contributed by atoms with Crippen molar-refractivity contribution in [3.63, 3.8) is 0 Å². The molecule has 0 saturated heterocycles. The van der Waals surface area contributed by atoms with Crippen LogP contribution in [-0.2, 0) is 6.54 Å². The number of hydrogen-bond acceptors (Lipinski definition) is 8. The molecule has 0 amide bonds. The predicted octanol–water partition coefficient (Wildman–Crippen LogP) is 4.73. The van der Waals surface area contributed by atoms with Gasteiger partial charge in [0.25, 0.3) is 5.56 Å². The van der Waals surface area contributed by atoms with E-state index in [4.69, 9.17) is 27.5 Å². The van der Waals surface area contributed by atoms with Crippen molar-refractivity contribution in [2.75, 3.05) is 18.2 Å². The molecule has 0 unspecified atom stereocenters. The molecule has 0 saturated carbocycles. The van der Waals surface area contributed by atoms with E-state index in [9.17, 15) is 13.6 Å². The molecule has 196 valence electrons. The van der Waals surface area contributed by atoms with Gasteiger partial charge in [0.15, 0.2) is 11.6 Å². The molecule has 0 bridgehead atoms. The quantitative estimate of drug-likeness (QED) is 0.251. The summed E-state index contributed by atoms with van der Waals surface area (Å²) in [6.07, 6.45) is 1.16. The number of aromatic nitrogens is 4. The number of nitrogens with two attached hydrogens (primary N) is 1. The minimum atomic E-state index is -1.28. The fourth-order valence-electron chi connectivity index (χ4n) is 4.16. The number of nitrogens with one attached hydrogen (secondary N) is 2. The summed E-state index contributed by atoms with van der Waals surface area (Å²) < 4.78 is 35.4. The number of nitrogens with zero attached hydrogens (tertiary/aromatic N) is 4. The standard InChI is InChI=1S/C27H20ClF2N7O2/c1-39-18-11-10-15(22(29)23(18)30)24(31)21-25(32)34-13-35-26(21)33-12-19-36-17-9-5-8-16(28)20(17)27(38)37(19)14-6-3-2-4-7-14/h2-11,13,31H,12H2,1H3,(H3,32,33,34,35). The van der Waals surface area contributed by atoms with Gasteiger partial charge in [0.05, 0.1) is 46.5 Å². The summed E-state index contributed by atoms with van der Waals surface area (Å²) in [5.74, 6) is -2.59. The second-order valence-electron chi connectivity index (χ2n) is 8.29. The molecule has 4 N–H and O–H groups in total. The van der Waals surface area contributed by atoms with E-state index in [0.717, 1.165) is 6.33 Å². The number of methoxy groups -OCH3 is 1. The second-order valence-corrected chi connectivity index (χ2v) is 8.70. The SMILES string of the molecule is COc1ccc(C(=N)c2c(N)ncnc2NCc2nc3cccc(Cl)c3c(=O)n2-c2ccccc2)c(F)c1F. The van der Waals surface area contributed by atoms with Crippen molar-refractivity contribution in [3.8, 4) is 11.4 Å². The molecule has 0 spiro atoms. The van der Waals surface area contributed by atoms with E-state index >= 15 is 0 Å². The van der Waals surface area contributed by atoms with E-state index in [1.165, 1.54) is 23.8 Å². The number of benzene rings is 3. The van der Waals surface area contributed by atoms with Gasteiger partial charge in [0.2, 0.25) is 5.82 Å². The lowest BCUT2D eigenvalue weighted by atomic mass is 10.0. The molecule has 2 heterocycles. The van der Waals surface area contributed by atoms with Gasteiger partial charge in [0.1, 0.15) is 23.8 Å². The molecule has 0 aliphatic heterocycles. The van der Waals surface area contributed by atoms with Gasteiger partial charge in [0, 0.05) is 5.56 Å². The van der Waals surface area contributed by atoms with Crippen LogP contribution >= 0.6 is 11.6 Å². The van der Waals surface area contributed by atoms with Crippen molar-refractivity contribution in [2.24, 2.45) is 0 Å². The highest BCUT2D eigenvalue weighted by Crippen LogP contribution is 2.28. The Balaban J connectivity index is 1.59. The molecule has 5 rings (SSSR count). The van der Waals surface area contributed by atoms with E-state index in [2.05, 4.69) is 20.3 Å². The Labute approximate surface area is 225 Å². The molecule has 9 nitrogen and oxygen atoms in total. The first-order chi connectivity index (χ1) is 18.8. The van der Waals surface area contributed by atoms with Crippen LogP contribution in [0.4, 0.5) is 20.4 Å². The maximum Gasteiger partial charge on any atom is 0.267 e. The molecule has 12 heteroatoms. The molecular formula is C27H20ClF2N7O2. The van der Waals surface area contributed by atoms with Gasteiger partial charge >= 0.3 is 0 Å². The van der Waals surface area contributed by atoms with Crippen LogP contribution in [0.3, 0.4) is 0 Å². The van der Waals surface area contributed by atoms with Crippen LogP contribution in [0.2, 0.25) is 5.02 Å². The first-order valence-electron chi connectivity index (χ1n) is 11.5. The van der Waals surface area contributed by atoms with E-state index in [0.29, 0.717) is 17.0 Å². The van der Waals surface area contributed by atoms with Crippen molar-refractivity contribution >= 4 is 39.9 Å². The fraction of sp³-hybridized carbons (Fsp3) is 0.0741.